The molecule has 1 saturated heterocycles. The Kier molecular flexibility index (Phi) is 3.54. The van der Waals surface area contributed by atoms with Crippen LogP contribution in [0, 0.1) is 18.7 Å². The summed E-state index contributed by atoms with van der Waals surface area (Å²) < 4.78 is 27.3. The van der Waals surface area contributed by atoms with Gasteiger partial charge in [-0.05, 0) is 56.0 Å². The first-order valence-corrected chi connectivity index (χ1v) is 5.79. The van der Waals surface area contributed by atoms with Gasteiger partial charge in [-0.25, -0.2) is 8.78 Å². The molecule has 1 aliphatic rings. The minimum Gasteiger partial charge on any atom is -0.317 e. The lowest BCUT2D eigenvalue weighted by Gasteiger charge is -2.26. The zero-order valence-electron chi connectivity index (χ0n) is 9.47. The average Bonchev–Trinajstić information content (AvgIpc) is 2.33. The van der Waals surface area contributed by atoms with E-state index in [0.29, 0.717) is 11.1 Å². The molecule has 88 valence electrons. The molecule has 2 rings (SSSR count). The minimum absolute atomic E-state index is 0.0751. The molecule has 1 aliphatic heterocycles. The van der Waals surface area contributed by atoms with Gasteiger partial charge in [-0.15, -0.1) is 0 Å². The van der Waals surface area contributed by atoms with E-state index >= 15 is 0 Å². The highest BCUT2D eigenvalue weighted by atomic mass is 19.1. The third-order valence-corrected chi connectivity index (χ3v) is 3.30. The number of rotatable bonds is 2. The molecule has 16 heavy (non-hydrogen) atoms. The van der Waals surface area contributed by atoms with Crippen LogP contribution in [0.15, 0.2) is 18.2 Å². The van der Waals surface area contributed by atoms with Crippen molar-refractivity contribution in [3.8, 4) is 0 Å². The molecule has 1 fully saturated rings. The van der Waals surface area contributed by atoms with Gasteiger partial charge in [-0.3, -0.25) is 0 Å². The van der Waals surface area contributed by atoms with Crippen molar-refractivity contribution in [1.82, 2.24) is 5.32 Å². The summed E-state index contributed by atoms with van der Waals surface area (Å²) in [5, 5.41) is 3.21. The Morgan fingerprint density at radius 1 is 1.31 bits per heavy atom. The predicted octanol–water partition coefficient (Wildman–Crippen LogP) is 3.14. The van der Waals surface area contributed by atoms with Gasteiger partial charge in [0.1, 0.15) is 12.0 Å². The van der Waals surface area contributed by atoms with Gasteiger partial charge in [0.05, 0.1) is 0 Å². The van der Waals surface area contributed by atoms with E-state index in [9.17, 15) is 8.78 Å². The molecule has 1 N–H and O–H groups in total. The van der Waals surface area contributed by atoms with Crippen LogP contribution in [0.4, 0.5) is 8.78 Å². The monoisotopic (exact) mass is 225 g/mol. The number of benzene rings is 1. The molecule has 0 aliphatic carbocycles. The van der Waals surface area contributed by atoms with Crippen LogP contribution in [0.25, 0.3) is 0 Å². The number of alkyl halides is 1. The molecule has 1 aromatic rings. The van der Waals surface area contributed by atoms with Gasteiger partial charge in [0, 0.05) is 0 Å². The molecule has 0 amide bonds. The highest BCUT2D eigenvalue weighted by molar-refractivity contribution is 5.26. The van der Waals surface area contributed by atoms with Crippen molar-refractivity contribution in [3.63, 3.8) is 0 Å². The van der Waals surface area contributed by atoms with E-state index in [2.05, 4.69) is 5.32 Å². The molecule has 1 aromatic carbocycles. The number of piperidine rings is 1. The number of halogens is 2. The number of hydrogen-bond donors (Lipinski definition) is 1. The fourth-order valence-electron chi connectivity index (χ4n) is 2.25. The van der Waals surface area contributed by atoms with Crippen molar-refractivity contribution in [2.24, 2.45) is 5.92 Å². The molecule has 0 saturated carbocycles. The second kappa shape index (κ2) is 4.91. The number of hydrogen-bond acceptors (Lipinski definition) is 1. The van der Waals surface area contributed by atoms with E-state index in [1.165, 1.54) is 6.07 Å². The van der Waals surface area contributed by atoms with E-state index < -0.39 is 6.17 Å². The lowest BCUT2D eigenvalue weighted by Crippen LogP contribution is -2.29. The summed E-state index contributed by atoms with van der Waals surface area (Å²) in [7, 11) is 0. The Labute approximate surface area is 94.9 Å². The summed E-state index contributed by atoms with van der Waals surface area (Å²) in [6.45, 7) is 3.44. The zero-order valence-corrected chi connectivity index (χ0v) is 9.47. The van der Waals surface area contributed by atoms with Gasteiger partial charge in [0.25, 0.3) is 0 Å². The Morgan fingerprint density at radius 2 is 2.00 bits per heavy atom. The minimum atomic E-state index is -0.957. The van der Waals surface area contributed by atoms with E-state index in [4.69, 9.17) is 0 Å². The van der Waals surface area contributed by atoms with Crippen LogP contribution in [0.2, 0.25) is 0 Å². The van der Waals surface area contributed by atoms with Gasteiger partial charge < -0.3 is 5.32 Å². The summed E-state index contributed by atoms with van der Waals surface area (Å²) >= 11 is 0. The van der Waals surface area contributed by atoms with Gasteiger partial charge in [0.15, 0.2) is 0 Å². The molecule has 1 unspecified atom stereocenters. The first-order chi connectivity index (χ1) is 7.68. The van der Waals surface area contributed by atoms with E-state index in [-0.39, 0.29) is 11.7 Å². The van der Waals surface area contributed by atoms with Crippen LogP contribution in [0.1, 0.15) is 30.1 Å². The molecule has 1 atom stereocenters. The number of aryl methyl sites for hydroxylation is 1. The molecule has 1 nitrogen and oxygen atoms in total. The SMILES string of the molecule is Cc1cc(C(F)C2CCNCC2)ccc1F. The topological polar surface area (TPSA) is 12.0 Å². The van der Waals surface area contributed by atoms with Crippen LogP contribution < -0.4 is 5.32 Å². The molecular weight excluding hydrogens is 208 g/mol. The molecular formula is C13H17F2N. The van der Waals surface area contributed by atoms with Gasteiger partial charge in [0.2, 0.25) is 0 Å². The Balaban J connectivity index is 2.12. The van der Waals surface area contributed by atoms with Gasteiger partial charge in [-0.1, -0.05) is 12.1 Å². The molecule has 0 bridgehead atoms. The average molecular weight is 225 g/mol. The van der Waals surface area contributed by atoms with Crippen LogP contribution in [0.5, 0.6) is 0 Å². The predicted molar refractivity (Wildman–Crippen MR) is 60.6 cm³/mol. The smallest absolute Gasteiger partial charge is 0.128 e. The lowest BCUT2D eigenvalue weighted by molar-refractivity contribution is 0.190. The fraction of sp³-hybridized carbons (Fsp3) is 0.538. The van der Waals surface area contributed by atoms with Crippen molar-refractivity contribution < 1.29 is 8.78 Å². The second-order valence-corrected chi connectivity index (χ2v) is 4.50. The third-order valence-electron chi connectivity index (χ3n) is 3.30. The first kappa shape index (κ1) is 11.5. The van der Waals surface area contributed by atoms with Crippen LogP contribution in [0.3, 0.4) is 0 Å². The molecule has 0 spiro atoms. The number of nitrogens with one attached hydrogen (secondary N) is 1. The Bertz CT molecular complexity index is 359. The van der Waals surface area contributed by atoms with Crippen LogP contribution in [-0.2, 0) is 0 Å². The maximum absolute atomic E-state index is 14.2. The molecule has 0 aromatic heterocycles. The third kappa shape index (κ3) is 2.40. The molecule has 0 radical (unpaired) electrons. The van der Waals surface area contributed by atoms with Crippen molar-refractivity contribution in [2.45, 2.75) is 25.9 Å². The van der Waals surface area contributed by atoms with Crippen molar-refractivity contribution in [1.29, 1.82) is 0 Å². The van der Waals surface area contributed by atoms with Crippen molar-refractivity contribution in [3.05, 3.63) is 35.1 Å². The molecule has 3 heteroatoms. The first-order valence-electron chi connectivity index (χ1n) is 5.79. The van der Waals surface area contributed by atoms with Gasteiger partial charge in [-0.2, -0.15) is 0 Å². The highest BCUT2D eigenvalue weighted by Gasteiger charge is 2.24. The zero-order chi connectivity index (χ0) is 11.5. The Morgan fingerprint density at radius 3 is 2.62 bits per heavy atom. The maximum Gasteiger partial charge on any atom is 0.128 e. The van der Waals surface area contributed by atoms with E-state index in [1.807, 2.05) is 0 Å². The van der Waals surface area contributed by atoms with Crippen molar-refractivity contribution in [2.75, 3.05) is 13.1 Å². The van der Waals surface area contributed by atoms with Crippen molar-refractivity contribution >= 4 is 0 Å². The highest BCUT2D eigenvalue weighted by Crippen LogP contribution is 2.32. The Hall–Kier alpha value is -0.960. The fourth-order valence-corrected chi connectivity index (χ4v) is 2.25. The summed E-state index contributed by atoms with van der Waals surface area (Å²) in [6.07, 6.45) is 0.760. The van der Waals surface area contributed by atoms with Crippen LogP contribution >= 0.6 is 0 Å². The second-order valence-electron chi connectivity index (χ2n) is 4.50. The van der Waals surface area contributed by atoms with Gasteiger partial charge >= 0.3 is 0 Å². The standard InChI is InChI=1S/C13H17F2N/c1-9-8-11(2-3-12(9)14)13(15)10-4-6-16-7-5-10/h2-3,8,10,13,16H,4-7H2,1H3. The quantitative estimate of drug-likeness (QED) is 0.815. The summed E-state index contributed by atoms with van der Waals surface area (Å²) in [6, 6.07) is 4.55. The lowest BCUT2D eigenvalue weighted by atomic mass is 9.89. The normalized spacial score (nSPS) is 19.7. The summed E-state index contributed by atoms with van der Waals surface area (Å²) in [5.41, 5.74) is 1.14. The maximum atomic E-state index is 14.2. The van der Waals surface area contributed by atoms with E-state index in [1.54, 1.807) is 19.1 Å². The van der Waals surface area contributed by atoms with Crippen LogP contribution in [-0.4, -0.2) is 13.1 Å². The van der Waals surface area contributed by atoms with E-state index in [0.717, 1.165) is 25.9 Å². The summed E-state index contributed by atoms with van der Waals surface area (Å²) in [4.78, 5) is 0. The largest absolute Gasteiger partial charge is 0.317 e. The molecule has 1 heterocycles. The summed E-state index contributed by atoms with van der Waals surface area (Å²) in [5.74, 6) is -0.188.